The monoisotopic (exact) mass is 467 g/mol. The van der Waals surface area contributed by atoms with E-state index < -0.39 is 0 Å². The maximum absolute atomic E-state index is 12.6. The number of piperazine rings is 1. The lowest BCUT2D eigenvalue weighted by Crippen LogP contribution is -2.50. The fraction of sp³-hybridized carbons (Fsp3) is 0.400. The molecule has 1 amide bonds. The van der Waals surface area contributed by atoms with Crippen LogP contribution in [0.5, 0.6) is 0 Å². The number of rotatable bonds is 8. The quantitative estimate of drug-likeness (QED) is 0.542. The summed E-state index contributed by atoms with van der Waals surface area (Å²) in [5.41, 5.74) is 2.09. The molecule has 2 heterocycles. The predicted molar refractivity (Wildman–Crippen MR) is 128 cm³/mol. The first-order chi connectivity index (χ1) is 16.0. The van der Waals surface area contributed by atoms with E-state index in [4.69, 9.17) is 16.1 Å². The standard InChI is InChI=1S/C25H30ClN5O2/c1-18(21-10-6-7-11-22(21)26)27-24(32)17-30-12-14-31(15-13-30)19(2)25-28-23(29-33-25)16-20-8-4-3-5-9-20/h3-11,18-19H,12-17H2,1-2H3,(H,27,32). The molecule has 1 N–H and O–H groups in total. The molecular formula is C25H30ClN5O2. The molecule has 2 aromatic carbocycles. The summed E-state index contributed by atoms with van der Waals surface area (Å²) in [6.45, 7) is 7.71. The average molecular weight is 468 g/mol. The van der Waals surface area contributed by atoms with Gasteiger partial charge in [0, 0.05) is 37.6 Å². The number of nitrogens with one attached hydrogen (secondary N) is 1. The Kier molecular flexibility index (Phi) is 7.75. The Morgan fingerprint density at radius 2 is 1.76 bits per heavy atom. The van der Waals surface area contributed by atoms with Crippen molar-refractivity contribution in [2.75, 3.05) is 32.7 Å². The van der Waals surface area contributed by atoms with Gasteiger partial charge in [0.1, 0.15) is 0 Å². The summed E-state index contributed by atoms with van der Waals surface area (Å²) in [7, 11) is 0. The number of hydrogen-bond acceptors (Lipinski definition) is 6. The first-order valence-corrected chi connectivity index (χ1v) is 11.7. The number of aromatic nitrogens is 2. The Morgan fingerprint density at radius 1 is 1.06 bits per heavy atom. The van der Waals surface area contributed by atoms with Gasteiger partial charge in [-0.25, -0.2) is 0 Å². The lowest BCUT2D eigenvalue weighted by molar-refractivity contribution is -0.123. The summed E-state index contributed by atoms with van der Waals surface area (Å²) in [5, 5.41) is 7.88. The number of nitrogens with zero attached hydrogens (tertiary/aromatic N) is 4. The van der Waals surface area contributed by atoms with Crippen LogP contribution >= 0.6 is 11.6 Å². The second-order valence-corrected chi connectivity index (χ2v) is 8.92. The SMILES string of the molecule is CC(NC(=O)CN1CCN(C(C)c2nc(Cc3ccccc3)no2)CC1)c1ccccc1Cl. The van der Waals surface area contributed by atoms with Crippen molar-refractivity contribution in [2.24, 2.45) is 0 Å². The van der Waals surface area contributed by atoms with Crippen LogP contribution in [0, 0.1) is 0 Å². The molecule has 7 nitrogen and oxygen atoms in total. The van der Waals surface area contributed by atoms with Gasteiger partial charge in [0.25, 0.3) is 0 Å². The summed E-state index contributed by atoms with van der Waals surface area (Å²) >= 11 is 6.25. The highest BCUT2D eigenvalue weighted by Crippen LogP contribution is 2.23. The van der Waals surface area contributed by atoms with Crippen LogP contribution in [0.4, 0.5) is 0 Å². The van der Waals surface area contributed by atoms with Crippen molar-refractivity contribution in [1.82, 2.24) is 25.3 Å². The highest BCUT2D eigenvalue weighted by atomic mass is 35.5. The largest absolute Gasteiger partial charge is 0.348 e. The number of halogens is 1. The minimum absolute atomic E-state index is 0.00590. The highest BCUT2D eigenvalue weighted by molar-refractivity contribution is 6.31. The van der Waals surface area contributed by atoms with E-state index in [1.54, 1.807) is 0 Å². The lowest BCUT2D eigenvalue weighted by atomic mass is 10.1. The van der Waals surface area contributed by atoms with E-state index in [1.165, 1.54) is 0 Å². The molecule has 8 heteroatoms. The molecule has 2 unspecified atom stereocenters. The maximum atomic E-state index is 12.6. The molecule has 3 aromatic rings. The topological polar surface area (TPSA) is 74.5 Å². The summed E-state index contributed by atoms with van der Waals surface area (Å²) < 4.78 is 5.55. The van der Waals surface area contributed by atoms with Gasteiger partial charge >= 0.3 is 0 Å². The molecule has 0 radical (unpaired) electrons. The van der Waals surface area contributed by atoms with Crippen molar-refractivity contribution in [2.45, 2.75) is 32.4 Å². The number of hydrogen-bond donors (Lipinski definition) is 1. The van der Waals surface area contributed by atoms with Gasteiger partial charge in [-0.3, -0.25) is 14.6 Å². The predicted octanol–water partition coefficient (Wildman–Crippen LogP) is 3.87. The number of carbonyl (C=O) groups excluding carboxylic acids is 1. The van der Waals surface area contributed by atoms with Crippen molar-refractivity contribution in [3.63, 3.8) is 0 Å². The van der Waals surface area contributed by atoms with Gasteiger partial charge in [0.05, 0.1) is 18.6 Å². The van der Waals surface area contributed by atoms with Gasteiger partial charge in [-0.05, 0) is 31.0 Å². The van der Waals surface area contributed by atoms with Crippen LogP contribution in [0.2, 0.25) is 5.02 Å². The highest BCUT2D eigenvalue weighted by Gasteiger charge is 2.27. The molecule has 174 valence electrons. The minimum atomic E-state index is -0.130. The van der Waals surface area contributed by atoms with Gasteiger partial charge < -0.3 is 9.84 Å². The fourth-order valence-electron chi connectivity index (χ4n) is 4.15. The molecule has 0 saturated carbocycles. The minimum Gasteiger partial charge on any atom is -0.348 e. The van der Waals surface area contributed by atoms with Gasteiger partial charge in [0.15, 0.2) is 5.82 Å². The van der Waals surface area contributed by atoms with Crippen LogP contribution < -0.4 is 5.32 Å². The van der Waals surface area contributed by atoms with E-state index in [0.29, 0.717) is 29.7 Å². The Morgan fingerprint density at radius 3 is 2.48 bits per heavy atom. The lowest BCUT2D eigenvalue weighted by Gasteiger charge is -2.36. The number of benzene rings is 2. The van der Waals surface area contributed by atoms with Gasteiger partial charge in [-0.2, -0.15) is 4.98 Å². The second-order valence-electron chi connectivity index (χ2n) is 8.51. The molecule has 2 atom stereocenters. The Hall–Kier alpha value is -2.74. The van der Waals surface area contributed by atoms with Crippen molar-refractivity contribution >= 4 is 17.5 Å². The molecule has 0 bridgehead atoms. The summed E-state index contributed by atoms with van der Waals surface area (Å²) in [6, 6.07) is 17.6. The molecule has 1 aliphatic heterocycles. The molecule has 0 aliphatic carbocycles. The zero-order valence-electron chi connectivity index (χ0n) is 19.1. The van der Waals surface area contributed by atoms with Gasteiger partial charge in [-0.1, -0.05) is 65.3 Å². The maximum Gasteiger partial charge on any atom is 0.243 e. The zero-order chi connectivity index (χ0) is 23.2. The smallest absolute Gasteiger partial charge is 0.243 e. The van der Waals surface area contributed by atoms with E-state index in [9.17, 15) is 4.79 Å². The van der Waals surface area contributed by atoms with E-state index >= 15 is 0 Å². The third kappa shape index (κ3) is 6.19. The molecule has 4 rings (SSSR count). The molecular weight excluding hydrogens is 438 g/mol. The van der Waals surface area contributed by atoms with Gasteiger partial charge in [0.2, 0.25) is 11.8 Å². The van der Waals surface area contributed by atoms with Crippen LogP contribution in [0.3, 0.4) is 0 Å². The van der Waals surface area contributed by atoms with Crippen molar-refractivity contribution in [3.05, 3.63) is 82.5 Å². The second kappa shape index (κ2) is 10.9. The average Bonchev–Trinajstić information content (AvgIpc) is 3.28. The first kappa shape index (κ1) is 23.4. The van der Waals surface area contributed by atoms with Crippen molar-refractivity contribution in [3.8, 4) is 0 Å². The Labute approximate surface area is 199 Å². The number of carbonyl (C=O) groups is 1. The third-order valence-corrected chi connectivity index (χ3v) is 6.46. The Bertz CT molecular complexity index is 1050. The molecule has 1 aromatic heterocycles. The first-order valence-electron chi connectivity index (χ1n) is 11.4. The Balaban J connectivity index is 1.24. The van der Waals surface area contributed by atoms with Gasteiger partial charge in [-0.15, -0.1) is 0 Å². The summed E-state index contributed by atoms with van der Waals surface area (Å²) in [5.74, 6) is 1.35. The fourth-order valence-corrected chi connectivity index (χ4v) is 4.45. The summed E-state index contributed by atoms with van der Waals surface area (Å²) in [4.78, 5) is 21.7. The molecule has 1 aliphatic rings. The van der Waals surface area contributed by atoms with Crippen LogP contribution in [-0.4, -0.2) is 58.6 Å². The van der Waals surface area contributed by atoms with E-state index in [0.717, 1.165) is 37.3 Å². The normalized spacial score (nSPS) is 16.9. The van der Waals surface area contributed by atoms with Crippen LogP contribution in [0.15, 0.2) is 59.1 Å². The zero-order valence-corrected chi connectivity index (χ0v) is 19.8. The van der Waals surface area contributed by atoms with Crippen LogP contribution in [0.25, 0.3) is 0 Å². The molecule has 33 heavy (non-hydrogen) atoms. The third-order valence-electron chi connectivity index (χ3n) is 6.12. The van der Waals surface area contributed by atoms with Crippen molar-refractivity contribution < 1.29 is 9.32 Å². The molecule has 1 saturated heterocycles. The van der Waals surface area contributed by atoms with E-state index in [2.05, 4.69) is 44.3 Å². The summed E-state index contributed by atoms with van der Waals surface area (Å²) in [6.07, 6.45) is 0.659. The van der Waals surface area contributed by atoms with Crippen LogP contribution in [0.1, 0.15) is 48.8 Å². The van der Waals surface area contributed by atoms with Crippen LogP contribution in [-0.2, 0) is 11.2 Å². The van der Waals surface area contributed by atoms with E-state index in [-0.39, 0.29) is 18.0 Å². The molecule has 0 spiro atoms. The van der Waals surface area contributed by atoms with Crippen molar-refractivity contribution in [1.29, 1.82) is 0 Å². The van der Waals surface area contributed by atoms with E-state index in [1.807, 2.05) is 49.4 Å². The number of amides is 1. The molecule has 1 fully saturated rings.